The van der Waals surface area contributed by atoms with E-state index in [0.717, 1.165) is 83.7 Å². The van der Waals surface area contributed by atoms with Crippen molar-refractivity contribution in [3.8, 4) is 0 Å². The van der Waals surface area contributed by atoms with E-state index in [-0.39, 0.29) is 6.04 Å². The third-order valence-electron chi connectivity index (χ3n) is 5.73. The van der Waals surface area contributed by atoms with Crippen LogP contribution in [0.2, 0.25) is 0 Å². The molecular weight excluding hydrogens is 330 g/mol. The molecule has 3 aliphatic rings. The van der Waals surface area contributed by atoms with Crippen LogP contribution in [0.15, 0.2) is 4.99 Å². The van der Waals surface area contributed by atoms with Gasteiger partial charge in [-0.25, -0.2) is 0 Å². The number of carbonyl (C=O) groups is 1. The molecule has 2 aliphatic heterocycles. The van der Waals surface area contributed by atoms with E-state index in [9.17, 15) is 4.79 Å². The second-order valence-corrected chi connectivity index (χ2v) is 7.72. The largest absolute Gasteiger partial charge is 0.379 e. The van der Waals surface area contributed by atoms with Crippen molar-refractivity contribution in [3.05, 3.63) is 0 Å². The van der Waals surface area contributed by atoms with E-state index in [4.69, 9.17) is 4.74 Å². The Morgan fingerprint density at radius 3 is 2.42 bits per heavy atom. The molecule has 0 spiro atoms. The molecule has 0 radical (unpaired) electrons. The first-order valence-corrected chi connectivity index (χ1v) is 10.2. The number of nitrogens with one attached hydrogen (secondary N) is 1. The fourth-order valence-corrected chi connectivity index (χ4v) is 3.78. The highest BCUT2D eigenvalue weighted by Crippen LogP contribution is 2.28. The number of ether oxygens (including phenoxy) is 1. The predicted octanol–water partition coefficient (Wildman–Crippen LogP) is 0.617. The van der Waals surface area contributed by atoms with Crippen LogP contribution in [0, 0.1) is 5.92 Å². The molecule has 1 aliphatic carbocycles. The van der Waals surface area contributed by atoms with E-state index in [2.05, 4.69) is 27.0 Å². The zero-order valence-electron chi connectivity index (χ0n) is 16.5. The molecule has 1 saturated carbocycles. The predicted molar refractivity (Wildman–Crippen MR) is 103 cm³/mol. The van der Waals surface area contributed by atoms with Gasteiger partial charge in [0.15, 0.2) is 5.96 Å². The minimum absolute atomic E-state index is 0.0129. The zero-order chi connectivity index (χ0) is 18.4. The lowest BCUT2D eigenvalue weighted by Crippen LogP contribution is -2.57. The highest BCUT2D eigenvalue weighted by Gasteiger charge is 2.30. The summed E-state index contributed by atoms with van der Waals surface area (Å²) in [6, 6.07) is -0.0129. The van der Waals surface area contributed by atoms with Gasteiger partial charge in [0.1, 0.15) is 0 Å². The minimum atomic E-state index is -0.0129. The van der Waals surface area contributed by atoms with Crippen LogP contribution < -0.4 is 5.32 Å². The van der Waals surface area contributed by atoms with Crippen molar-refractivity contribution in [3.63, 3.8) is 0 Å². The van der Waals surface area contributed by atoms with E-state index in [0.29, 0.717) is 5.91 Å². The average Bonchev–Trinajstić information content (AvgIpc) is 3.34. The second-order valence-electron chi connectivity index (χ2n) is 7.72. The summed E-state index contributed by atoms with van der Waals surface area (Å²) in [5.74, 6) is 2.05. The molecule has 0 aromatic rings. The molecule has 2 heterocycles. The first-order chi connectivity index (χ1) is 12.7. The van der Waals surface area contributed by atoms with E-state index in [1.165, 1.54) is 12.8 Å². The Labute approximate surface area is 157 Å². The van der Waals surface area contributed by atoms with Gasteiger partial charge in [-0.1, -0.05) is 0 Å². The van der Waals surface area contributed by atoms with Crippen molar-refractivity contribution in [2.24, 2.45) is 10.9 Å². The number of hydrogen-bond donors (Lipinski definition) is 1. The number of hydrogen-bond acceptors (Lipinski definition) is 4. The van der Waals surface area contributed by atoms with Crippen molar-refractivity contribution in [2.45, 2.75) is 38.6 Å². The maximum atomic E-state index is 12.6. The Hall–Kier alpha value is -1.34. The Kier molecular flexibility index (Phi) is 7.14. The maximum Gasteiger partial charge on any atom is 0.239 e. The summed E-state index contributed by atoms with van der Waals surface area (Å²) in [5, 5.41) is 3.40. The van der Waals surface area contributed by atoms with Crippen LogP contribution in [0.1, 0.15) is 32.6 Å². The van der Waals surface area contributed by atoms with Gasteiger partial charge < -0.3 is 19.9 Å². The quantitative estimate of drug-likeness (QED) is 0.407. The molecule has 148 valence electrons. The van der Waals surface area contributed by atoms with Crippen molar-refractivity contribution < 1.29 is 9.53 Å². The SMILES string of the molecule is CN=C(NCCOCC1CC1)N1CCN(C(C)C(=O)N2CCCC2)CC1. The van der Waals surface area contributed by atoms with Gasteiger partial charge in [-0.15, -0.1) is 0 Å². The summed E-state index contributed by atoms with van der Waals surface area (Å²) < 4.78 is 5.68. The van der Waals surface area contributed by atoms with Crippen molar-refractivity contribution in [1.82, 2.24) is 20.0 Å². The van der Waals surface area contributed by atoms with Gasteiger partial charge in [-0.05, 0) is 38.5 Å². The first-order valence-electron chi connectivity index (χ1n) is 10.2. The summed E-state index contributed by atoms with van der Waals surface area (Å²) in [7, 11) is 1.83. The average molecular weight is 366 g/mol. The van der Waals surface area contributed by atoms with Crippen LogP contribution in [0.3, 0.4) is 0 Å². The molecule has 1 atom stereocenters. The fourth-order valence-electron chi connectivity index (χ4n) is 3.78. The molecule has 3 rings (SSSR count). The van der Waals surface area contributed by atoms with Gasteiger partial charge in [-0.3, -0.25) is 14.7 Å². The normalized spacial score (nSPS) is 23.4. The molecule has 1 unspecified atom stereocenters. The number of aliphatic imine (C=N–C) groups is 1. The van der Waals surface area contributed by atoms with E-state index < -0.39 is 0 Å². The van der Waals surface area contributed by atoms with Crippen molar-refractivity contribution >= 4 is 11.9 Å². The Balaban J connectivity index is 1.36. The van der Waals surface area contributed by atoms with Crippen LogP contribution in [0.5, 0.6) is 0 Å². The van der Waals surface area contributed by atoms with Crippen LogP contribution in [0.25, 0.3) is 0 Å². The lowest BCUT2D eigenvalue weighted by atomic mass is 10.2. The Morgan fingerprint density at radius 2 is 1.81 bits per heavy atom. The number of amides is 1. The van der Waals surface area contributed by atoms with E-state index in [1.54, 1.807) is 0 Å². The third kappa shape index (κ3) is 5.33. The molecule has 0 bridgehead atoms. The summed E-state index contributed by atoms with van der Waals surface area (Å²) in [4.78, 5) is 23.6. The summed E-state index contributed by atoms with van der Waals surface area (Å²) in [6.45, 7) is 9.97. The van der Waals surface area contributed by atoms with Gasteiger partial charge in [0.2, 0.25) is 5.91 Å². The molecular formula is C19H35N5O2. The highest BCUT2D eigenvalue weighted by atomic mass is 16.5. The molecule has 1 N–H and O–H groups in total. The number of likely N-dealkylation sites (tertiary alicyclic amines) is 1. The number of nitrogens with zero attached hydrogens (tertiary/aromatic N) is 4. The first kappa shape index (κ1) is 19.4. The fraction of sp³-hybridized carbons (Fsp3) is 0.895. The molecule has 0 aromatic heterocycles. The number of rotatable bonds is 7. The number of carbonyl (C=O) groups excluding carboxylic acids is 1. The lowest BCUT2D eigenvalue weighted by Gasteiger charge is -2.39. The Bertz CT molecular complexity index is 480. The van der Waals surface area contributed by atoms with Crippen molar-refractivity contribution in [1.29, 1.82) is 0 Å². The molecule has 0 aromatic carbocycles. The lowest BCUT2D eigenvalue weighted by molar-refractivity contribution is -0.135. The summed E-state index contributed by atoms with van der Waals surface area (Å²) >= 11 is 0. The zero-order valence-corrected chi connectivity index (χ0v) is 16.5. The summed E-state index contributed by atoms with van der Waals surface area (Å²) in [6.07, 6.45) is 4.97. The maximum absolute atomic E-state index is 12.6. The molecule has 7 nitrogen and oxygen atoms in total. The van der Waals surface area contributed by atoms with Gasteiger partial charge >= 0.3 is 0 Å². The molecule has 7 heteroatoms. The highest BCUT2D eigenvalue weighted by molar-refractivity contribution is 5.82. The monoisotopic (exact) mass is 365 g/mol. The smallest absolute Gasteiger partial charge is 0.239 e. The molecule has 3 fully saturated rings. The van der Waals surface area contributed by atoms with Crippen LogP contribution in [-0.4, -0.2) is 98.7 Å². The van der Waals surface area contributed by atoms with Crippen LogP contribution in [0.4, 0.5) is 0 Å². The molecule has 1 amide bonds. The van der Waals surface area contributed by atoms with E-state index in [1.807, 2.05) is 11.9 Å². The third-order valence-corrected chi connectivity index (χ3v) is 5.73. The topological polar surface area (TPSA) is 60.4 Å². The van der Waals surface area contributed by atoms with Gasteiger partial charge in [-0.2, -0.15) is 0 Å². The Morgan fingerprint density at radius 1 is 1.12 bits per heavy atom. The summed E-state index contributed by atoms with van der Waals surface area (Å²) in [5.41, 5.74) is 0. The number of guanidine groups is 1. The van der Waals surface area contributed by atoms with E-state index >= 15 is 0 Å². The van der Waals surface area contributed by atoms with Crippen LogP contribution >= 0.6 is 0 Å². The molecule has 26 heavy (non-hydrogen) atoms. The van der Waals surface area contributed by atoms with Gasteiger partial charge in [0.05, 0.1) is 12.6 Å². The minimum Gasteiger partial charge on any atom is -0.379 e. The number of piperazine rings is 1. The van der Waals surface area contributed by atoms with Gasteiger partial charge in [0, 0.05) is 59.5 Å². The van der Waals surface area contributed by atoms with Crippen molar-refractivity contribution in [2.75, 3.05) is 66.1 Å². The molecule has 2 saturated heterocycles. The van der Waals surface area contributed by atoms with Crippen LogP contribution in [-0.2, 0) is 9.53 Å². The standard InChI is InChI=1S/C19H35N5O2/c1-16(18(25)23-8-3-4-9-23)22-10-12-24(13-11-22)19(20-2)21-7-14-26-15-17-5-6-17/h16-17H,3-15H2,1-2H3,(H,20,21). The second kappa shape index (κ2) is 9.55. The van der Waals surface area contributed by atoms with Gasteiger partial charge in [0.25, 0.3) is 0 Å².